The molecule has 0 saturated carbocycles. The SMILES string of the molecule is C=CCNC(=NCC(=O)N(C)C)NC1CCN(c2cccc(Cl)c2)C1. The van der Waals surface area contributed by atoms with Crippen LogP contribution in [0.15, 0.2) is 41.9 Å². The zero-order valence-electron chi connectivity index (χ0n) is 14.8. The Morgan fingerprint density at radius 3 is 3.00 bits per heavy atom. The lowest BCUT2D eigenvalue weighted by Gasteiger charge is -2.20. The molecule has 1 aromatic carbocycles. The zero-order valence-corrected chi connectivity index (χ0v) is 15.6. The molecule has 1 unspecified atom stereocenters. The summed E-state index contributed by atoms with van der Waals surface area (Å²) in [5.74, 6) is 0.597. The Morgan fingerprint density at radius 1 is 1.52 bits per heavy atom. The molecule has 1 heterocycles. The summed E-state index contributed by atoms with van der Waals surface area (Å²) in [4.78, 5) is 19.9. The molecular weight excluding hydrogens is 338 g/mol. The first-order valence-electron chi connectivity index (χ1n) is 8.36. The number of carbonyl (C=O) groups excluding carboxylic acids is 1. The Hall–Kier alpha value is -2.21. The number of anilines is 1. The van der Waals surface area contributed by atoms with Gasteiger partial charge in [0.2, 0.25) is 5.91 Å². The first-order chi connectivity index (χ1) is 12.0. The van der Waals surface area contributed by atoms with Crippen molar-refractivity contribution in [2.45, 2.75) is 12.5 Å². The second-order valence-electron chi connectivity index (χ2n) is 6.18. The van der Waals surface area contributed by atoms with Crippen molar-refractivity contribution < 1.29 is 4.79 Å². The van der Waals surface area contributed by atoms with Gasteiger partial charge in [0.15, 0.2) is 5.96 Å². The molecule has 1 fully saturated rings. The van der Waals surface area contributed by atoms with Gasteiger partial charge >= 0.3 is 0 Å². The molecule has 0 aromatic heterocycles. The predicted molar refractivity (Wildman–Crippen MR) is 104 cm³/mol. The van der Waals surface area contributed by atoms with Gasteiger partial charge in [0.1, 0.15) is 6.54 Å². The van der Waals surface area contributed by atoms with Crippen molar-refractivity contribution in [2.75, 3.05) is 45.2 Å². The molecular formula is C18H26ClN5O. The van der Waals surface area contributed by atoms with Crippen LogP contribution >= 0.6 is 11.6 Å². The van der Waals surface area contributed by atoms with E-state index in [0.29, 0.717) is 12.5 Å². The summed E-state index contributed by atoms with van der Waals surface area (Å²) in [5.41, 5.74) is 1.12. The maximum atomic E-state index is 11.7. The lowest BCUT2D eigenvalue weighted by atomic mass is 10.2. The van der Waals surface area contributed by atoms with Crippen LogP contribution < -0.4 is 15.5 Å². The summed E-state index contributed by atoms with van der Waals surface area (Å²) in [6.07, 6.45) is 2.75. The van der Waals surface area contributed by atoms with E-state index in [-0.39, 0.29) is 18.5 Å². The molecule has 25 heavy (non-hydrogen) atoms. The average Bonchev–Trinajstić information content (AvgIpc) is 3.05. The highest BCUT2D eigenvalue weighted by Gasteiger charge is 2.23. The van der Waals surface area contributed by atoms with Crippen molar-refractivity contribution >= 4 is 29.2 Å². The van der Waals surface area contributed by atoms with E-state index in [1.807, 2.05) is 18.2 Å². The second-order valence-corrected chi connectivity index (χ2v) is 6.61. The second kappa shape index (κ2) is 9.32. The molecule has 7 heteroatoms. The van der Waals surface area contributed by atoms with Crippen LogP contribution in [-0.2, 0) is 4.79 Å². The summed E-state index contributed by atoms with van der Waals surface area (Å²) in [6.45, 7) is 6.22. The summed E-state index contributed by atoms with van der Waals surface area (Å²) < 4.78 is 0. The highest BCUT2D eigenvalue weighted by atomic mass is 35.5. The molecule has 1 aliphatic heterocycles. The highest BCUT2D eigenvalue weighted by Crippen LogP contribution is 2.23. The number of rotatable bonds is 6. The summed E-state index contributed by atoms with van der Waals surface area (Å²) in [7, 11) is 3.45. The number of guanidine groups is 1. The van der Waals surface area contributed by atoms with Gasteiger partial charge in [-0.15, -0.1) is 6.58 Å². The fraction of sp³-hybridized carbons (Fsp3) is 0.444. The molecule has 2 rings (SSSR count). The lowest BCUT2D eigenvalue weighted by Crippen LogP contribution is -2.45. The predicted octanol–water partition coefficient (Wildman–Crippen LogP) is 1.73. The average molecular weight is 364 g/mol. The van der Waals surface area contributed by atoms with Gasteiger partial charge in [-0.05, 0) is 24.6 Å². The van der Waals surface area contributed by atoms with Gasteiger partial charge in [0.25, 0.3) is 0 Å². The van der Waals surface area contributed by atoms with Crippen LogP contribution in [0.3, 0.4) is 0 Å². The molecule has 1 amide bonds. The van der Waals surface area contributed by atoms with E-state index in [4.69, 9.17) is 11.6 Å². The minimum absolute atomic E-state index is 0.0355. The van der Waals surface area contributed by atoms with Crippen molar-refractivity contribution in [3.63, 3.8) is 0 Å². The lowest BCUT2D eigenvalue weighted by molar-refractivity contribution is -0.127. The van der Waals surface area contributed by atoms with E-state index < -0.39 is 0 Å². The Morgan fingerprint density at radius 2 is 2.32 bits per heavy atom. The number of amides is 1. The number of hydrogen-bond acceptors (Lipinski definition) is 3. The van der Waals surface area contributed by atoms with E-state index in [2.05, 4.69) is 33.2 Å². The van der Waals surface area contributed by atoms with Crippen molar-refractivity contribution in [3.05, 3.63) is 41.9 Å². The van der Waals surface area contributed by atoms with Crippen LogP contribution in [0.1, 0.15) is 6.42 Å². The largest absolute Gasteiger partial charge is 0.369 e. The number of nitrogens with zero attached hydrogens (tertiary/aromatic N) is 3. The molecule has 0 aliphatic carbocycles. The van der Waals surface area contributed by atoms with Crippen molar-refractivity contribution in [3.8, 4) is 0 Å². The summed E-state index contributed by atoms with van der Waals surface area (Å²) in [6, 6.07) is 8.14. The van der Waals surface area contributed by atoms with Crippen molar-refractivity contribution in [1.82, 2.24) is 15.5 Å². The third kappa shape index (κ3) is 5.98. The zero-order chi connectivity index (χ0) is 18.2. The molecule has 1 aliphatic rings. The van der Waals surface area contributed by atoms with Crippen LogP contribution in [0.5, 0.6) is 0 Å². The Bertz CT molecular complexity index is 632. The molecule has 1 aromatic rings. The van der Waals surface area contributed by atoms with Gasteiger partial charge < -0.3 is 20.4 Å². The summed E-state index contributed by atoms with van der Waals surface area (Å²) >= 11 is 6.08. The van der Waals surface area contributed by atoms with Gasteiger partial charge in [-0.25, -0.2) is 4.99 Å². The van der Waals surface area contributed by atoms with Gasteiger partial charge in [-0.3, -0.25) is 4.79 Å². The van der Waals surface area contributed by atoms with Gasteiger partial charge in [0, 0.05) is 50.5 Å². The fourth-order valence-electron chi connectivity index (χ4n) is 2.59. The number of hydrogen-bond donors (Lipinski definition) is 2. The van der Waals surface area contributed by atoms with E-state index in [9.17, 15) is 4.79 Å². The van der Waals surface area contributed by atoms with Gasteiger partial charge in [-0.1, -0.05) is 23.7 Å². The number of benzene rings is 1. The van der Waals surface area contributed by atoms with E-state index in [0.717, 1.165) is 30.2 Å². The number of carbonyl (C=O) groups is 1. The number of aliphatic imine (C=N–C) groups is 1. The minimum atomic E-state index is -0.0355. The molecule has 0 radical (unpaired) electrons. The maximum absolute atomic E-state index is 11.7. The normalized spacial score (nSPS) is 17.3. The van der Waals surface area contributed by atoms with Crippen LogP contribution in [-0.4, -0.2) is 63.1 Å². The number of likely N-dealkylation sites (N-methyl/N-ethyl adjacent to an activating group) is 1. The van der Waals surface area contributed by atoms with Crippen LogP contribution in [0.2, 0.25) is 5.02 Å². The van der Waals surface area contributed by atoms with Crippen LogP contribution in [0.4, 0.5) is 5.69 Å². The summed E-state index contributed by atoms with van der Waals surface area (Å²) in [5, 5.41) is 7.31. The Balaban J connectivity index is 1.95. The van der Waals surface area contributed by atoms with E-state index in [1.54, 1.807) is 20.2 Å². The standard InChI is InChI=1S/C18H26ClN5O/c1-4-9-20-18(21-12-17(25)23(2)3)22-15-8-10-24(13-15)16-7-5-6-14(19)11-16/h4-7,11,15H,1,8-10,12-13H2,2-3H3,(H2,20,21,22). The van der Waals surface area contributed by atoms with E-state index in [1.165, 1.54) is 4.90 Å². The molecule has 1 saturated heterocycles. The van der Waals surface area contributed by atoms with Crippen molar-refractivity contribution in [1.29, 1.82) is 0 Å². The first-order valence-corrected chi connectivity index (χ1v) is 8.74. The first kappa shape index (κ1) is 19.1. The molecule has 6 nitrogen and oxygen atoms in total. The molecule has 0 spiro atoms. The molecule has 136 valence electrons. The topological polar surface area (TPSA) is 60.0 Å². The quantitative estimate of drug-likeness (QED) is 0.459. The minimum Gasteiger partial charge on any atom is -0.369 e. The molecule has 0 bridgehead atoms. The number of nitrogens with one attached hydrogen (secondary N) is 2. The smallest absolute Gasteiger partial charge is 0.243 e. The molecule has 1 atom stereocenters. The van der Waals surface area contributed by atoms with Gasteiger partial charge in [0.05, 0.1) is 0 Å². The van der Waals surface area contributed by atoms with Crippen LogP contribution in [0.25, 0.3) is 0 Å². The Labute approximate surface area is 154 Å². The van der Waals surface area contributed by atoms with Crippen LogP contribution in [0, 0.1) is 0 Å². The number of halogens is 1. The fourth-order valence-corrected chi connectivity index (χ4v) is 2.77. The highest BCUT2D eigenvalue weighted by molar-refractivity contribution is 6.30. The van der Waals surface area contributed by atoms with Gasteiger partial charge in [-0.2, -0.15) is 0 Å². The maximum Gasteiger partial charge on any atom is 0.243 e. The molecule has 2 N–H and O–H groups in total. The monoisotopic (exact) mass is 363 g/mol. The third-order valence-corrected chi connectivity index (χ3v) is 4.22. The van der Waals surface area contributed by atoms with Crippen molar-refractivity contribution in [2.24, 2.45) is 4.99 Å². The Kier molecular flexibility index (Phi) is 7.13. The van der Waals surface area contributed by atoms with E-state index >= 15 is 0 Å². The third-order valence-electron chi connectivity index (χ3n) is 3.99.